The van der Waals surface area contributed by atoms with E-state index in [1.165, 1.54) is 0 Å². The zero-order chi connectivity index (χ0) is 20.4. The highest BCUT2D eigenvalue weighted by atomic mass is 32.1. The predicted molar refractivity (Wildman–Crippen MR) is 112 cm³/mol. The van der Waals surface area contributed by atoms with Gasteiger partial charge < -0.3 is 15.8 Å². The van der Waals surface area contributed by atoms with Crippen molar-refractivity contribution in [2.24, 2.45) is 5.73 Å². The number of carbonyl (C=O) groups excluding carboxylic acids is 2. The summed E-state index contributed by atoms with van der Waals surface area (Å²) in [6.07, 6.45) is 0.155. The average molecular weight is 398 g/mol. The zero-order valence-electron chi connectivity index (χ0n) is 15.4. The van der Waals surface area contributed by atoms with Gasteiger partial charge in [0, 0.05) is 5.69 Å². The first-order valence-corrected chi connectivity index (χ1v) is 9.04. The zero-order valence-corrected chi connectivity index (χ0v) is 16.2. The molecule has 7 nitrogen and oxygen atoms in total. The minimum absolute atomic E-state index is 0.0688. The van der Waals surface area contributed by atoms with E-state index in [-0.39, 0.29) is 35.3 Å². The van der Waals surface area contributed by atoms with Crippen molar-refractivity contribution in [2.45, 2.75) is 13.3 Å². The lowest BCUT2D eigenvalue weighted by Crippen LogP contribution is -2.42. The summed E-state index contributed by atoms with van der Waals surface area (Å²) in [4.78, 5) is 24.5. The van der Waals surface area contributed by atoms with Crippen molar-refractivity contribution < 1.29 is 14.3 Å². The maximum absolute atomic E-state index is 12.3. The summed E-state index contributed by atoms with van der Waals surface area (Å²) < 4.78 is 5.03. The predicted octanol–water partition coefficient (Wildman–Crippen LogP) is 2.02. The third-order valence-corrected chi connectivity index (χ3v) is 3.86. The van der Waals surface area contributed by atoms with Gasteiger partial charge in [-0.05, 0) is 24.6 Å². The van der Waals surface area contributed by atoms with E-state index in [4.69, 9.17) is 22.7 Å². The number of nitrogens with two attached hydrogens (primary N) is 1. The Morgan fingerprint density at radius 3 is 2.21 bits per heavy atom. The lowest BCUT2D eigenvalue weighted by molar-refractivity contribution is -0.138. The second kappa shape index (κ2) is 10.7. The molecule has 0 aromatic heterocycles. The van der Waals surface area contributed by atoms with E-state index < -0.39 is 5.97 Å². The van der Waals surface area contributed by atoms with Crippen LogP contribution in [0.2, 0.25) is 0 Å². The molecule has 146 valence electrons. The molecule has 0 aliphatic carbocycles. The van der Waals surface area contributed by atoms with E-state index in [0.717, 1.165) is 5.56 Å². The molecule has 1 amide bonds. The number of nitrogens with one attached hydrogen (secondary N) is 3. The normalized spacial score (nSPS) is 11.0. The Morgan fingerprint density at radius 2 is 1.61 bits per heavy atom. The molecule has 0 unspecified atom stereocenters. The van der Waals surface area contributed by atoms with Crippen LogP contribution in [0.1, 0.15) is 12.5 Å². The number of hydrazine groups is 1. The van der Waals surface area contributed by atoms with E-state index in [2.05, 4.69) is 16.2 Å². The van der Waals surface area contributed by atoms with Gasteiger partial charge in [-0.3, -0.25) is 15.6 Å². The van der Waals surface area contributed by atoms with Crippen LogP contribution >= 0.6 is 12.2 Å². The van der Waals surface area contributed by atoms with Crippen LogP contribution in [0.15, 0.2) is 72.1 Å². The molecule has 0 aliphatic rings. The molecular weight excluding hydrogens is 376 g/mol. The Labute approximate surface area is 168 Å². The fourth-order valence-corrected chi connectivity index (χ4v) is 2.58. The smallest absolute Gasteiger partial charge is 0.344 e. The van der Waals surface area contributed by atoms with Gasteiger partial charge in [-0.25, -0.2) is 4.79 Å². The molecule has 0 heterocycles. The maximum Gasteiger partial charge on any atom is 0.344 e. The number of amides is 1. The van der Waals surface area contributed by atoms with Crippen LogP contribution in [0.3, 0.4) is 0 Å². The second-order valence-electron chi connectivity index (χ2n) is 5.66. The van der Waals surface area contributed by atoms with Crippen molar-refractivity contribution in [2.75, 3.05) is 11.9 Å². The van der Waals surface area contributed by atoms with Crippen molar-refractivity contribution in [3.63, 3.8) is 0 Å². The summed E-state index contributed by atoms with van der Waals surface area (Å²) in [5.41, 5.74) is 12.4. The molecule has 2 aromatic carbocycles. The van der Waals surface area contributed by atoms with E-state index in [0.29, 0.717) is 5.69 Å². The Kier molecular flexibility index (Phi) is 7.98. The molecule has 0 saturated carbocycles. The molecule has 0 spiro atoms. The van der Waals surface area contributed by atoms with Gasteiger partial charge in [0.2, 0.25) is 5.91 Å². The molecule has 0 aliphatic heterocycles. The van der Waals surface area contributed by atoms with Crippen LogP contribution in [0.25, 0.3) is 0 Å². The van der Waals surface area contributed by atoms with Gasteiger partial charge >= 0.3 is 5.97 Å². The van der Waals surface area contributed by atoms with Crippen molar-refractivity contribution in [1.82, 2.24) is 10.9 Å². The van der Waals surface area contributed by atoms with Crippen LogP contribution < -0.4 is 21.9 Å². The number of benzene rings is 2. The summed E-state index contributed by atoms with van der Waals surface area (Å²) in [7, 11) is 0. The SMILES string of the molecule is CCOC(=O)/C(C(=S)Nc1ccccc1)=C(/N)NNC(=O)Cc1ccccc1. The fourth-order valence-electron chi connectivity index (χ4n) is 2.27. The van der Waals surface area contributed by atoms with Crippen LogP contribution in [0, 0.1) is 0 Å². The molecule has 0 saturated heterocycles. The van der Waals surface area contributed by atoms with Crippen LogP contribution in [-0.2, 0) is 20.7 Å². The van der Waals surface area contributed by atoms with Gasteiger partial charge in [0.15, 0.2) is 0 Å². The largest absolute Gasteiger partial charge is 0.462 e. The molecule has 0 atom stereocenters. The number of thiocarbonyl (C=S) groups is 1. The molecule has 0 bridgehead atoms. The summed E-state index contributed by atoms with van der Waals surface area (Å²) in [6.45, 7) is 1.83. The average Bonchev–Trinajstić information content (AvgIpc) is 2.68. The van der Waals surface area contributed by atoms with E-state index in [9.17, 15) is 9.59 Å². The minimum atomic E-state index is -0.696. The lowest BCUT2D eigenvalue weighted by atomic mass is 10.1. The van der Waals surface area contributed by atoms with E-state index >= 15 is 0 Å². The van der Waals surface area contributed by atoms with Crippen molar-refractivity contribution >= 4 is 34.8 Å². The highest BCUT2D eigenvalue weighted by Gasteiger charge is 2.21. The van der Waals surface area contributed by atoms with Gasteiger partial charge in [0.1, 0.15) is 16.4 Å². The monoisotopic (exact) mass is 398 g/mol. The molecule has 0 fully saturated rings. The van der Waals surface area contributed by atoms with Gasteiger partial charge in [-0.2, -0.15) is 0 Å². The van der Waals surface area contributed by atoms with Gasteiger partial charge in [0.25, 0.3) is 0 Å². The Hall–Kier alpha value is -3.39. The van der Waals surface area contributed by atoms with Crippen molar-refractivity contribution in [1.29, 1.82) is 0 Å². The minimum Gasteiger partial charge on any atom is -0.462 e. The van der Waals surface area contributed by atoms with Gasteiger partial charge in [0.05, 0.1) is 13.0 Å². The highest BCUT2D eigenvalue weighted by molar-refractivity contribution is 7.81. The Balaban J connectivity index is 2.08. The lowest BCUT2D eigenvalue weighted by Gasteiger charge is -2.15. The highest BCUT2D eigenvalue weighted by Crippen LogP contribution is 2.11. The van der Waals surface area contributed by atoms with Crippen molar-refractivity contribution in [3.8, 4) is 0 Å². The third kappa shape index (κ3) is 6.40. The molecule has 8 heteroatoms. The Bertz CT molecular complexity index is 854. The standard InChI is InChI=1S/C20H22N4O3S/c1-2-27-20(26)17(19(28)22-15-11-7-4-8-12-15)18(21)24-23-16(25)13-14-9-5-3-6-10-14/h3-12,24H,2,13,21H2,1H3,(H,22,28)(H,23,25)/b18-17-. The van der Waals surface area contributed by atoms with Gasteiger partial charge in [-0.15, -0.1) is 0 Å². The number of anilines is 1. The molecular formula is C20H22N4O3S. The van der Waals surface area contributed by atoms with Crippen LogP contribution in [0.5, 0.6) is 0 Å². The number of hydrogen-bond acceptors (Lipinski definition) is 6. The summed E-state index contributed by atoms with van der Waals surface area (Å²) >= 11 is 5.31. The van der Waals surface area contributed by atoms with Crippen LogP contribution in [-0.4, -0.2) is 23.5 Å². The summed E-state index contributed by atoms with van der Waals surface area (Å²) in [6, 6.07) is 18.3. The molecule has 2 aromatic rings. The summed E-state index contributed by atoms with van der Waals surface area (Å²) in [5, 5.41) is 2.93. The number of ether oxygens (including phenoxy) is 1. The van der Waals surface area contributed by atoms with E-state index in [1.807, 2.05) is 48.5 Å². The first-order chi connectivity index (χ1) is 13.5. The molecule has 2 rings (SSSR count). The van der Waals surface area contributed by atoms with E-state index in [1.54, 1.807) is 19.1 Å². The van der Waals surface area contributed by atoms with Crippen molar-refractivity contribution in [3.05, 3.63) is 77.6 Å². The van der Waals surface area contributed by atoms with Crippen LogP contribution in [0.4, 0.5) is 5.69 Å². The third-order valence-electron chi connectivity index (χ3n) is 3.55. The molecule has 0 radical (unpaired) electrons. The number of para-hydroxylation sites is 1. The first kappa shape index (κ1) is 20.9. The van der Waals surface area contributed by atoms with Gasteiger partial charge in [-0.1, -0.05) is 60.7 Å². The number of esters is 1. The number of hydrogen-bond donors (Lipinski definition) is 4. The number of carbonyl (C=O) groups is 2. The Morgan fingerprint density at radius 1 is 1.00 bits per heavy atom. The first-order valence-electron chi connectivity index (χ1n) is 8.63. The second-order valence-corrected chi connectivity index (χ2v) is 6.07. The summed E-state index contributed by atoms with van der Waals surface area (Å²) in [5.74, 6) is -1.13. The quantitative estimate of drug-likeness (QED) is 0.233. The molecule has 5 N–H and O–H groups in total. The molecule has 28 heavy (non-hydrogen) atoms. The number of rotatable bonds is 8. The topological polar surface area (TPSA) is 105 Å². The fraction of sp³-hybridized carbons (Fsp3) is 0.150. The maximum atomic E-state index is 12.3.